The van der Waals surface area contributed by atoms with Gasteiger partial charge in [0.05, 0.1) is 31.1 Å². The summed E-state index contributed by atoms with van der Waals surface area (Å²) in [7, 11) is 0. The Hall–Kier alpha value is -1.97. The number of hydrogen-bond donors (Lipinski definition) is 0. The molecule has 3 heterocycles. The van der Waals surface area contributed by atoms with Crippen LogP contribution in [0.3, 0.4) is 0 Å². The minimum absolute atomic E-state index is 0.0913. The molecule has 10 heteroatoms. The Balaban J connectivity index is 1.89. The van der Waals surface area contributed by atoms with Crippen LogP contribution in [-0.2, 0) is 9.26 Å². The van der Waals surface area contributed by atoms with E-state index in [1.54, 1.807) is 20.0 Å². The number of ether oxygens (including phenoxy) is 1. The van der Waals surface area contributed by atoms with Crippen molar-refractivity contribution in [3.8, 4) is 11.3 Å². The molecule has 6 nitrogen and oxygen atoms in total. The Morgan fingerprint density at radius 1 is 1.31 bits per heavy atom. The van der Waals surface area contributed by atoms with Crippen LogP contribution in [0.4, 0.5) is 8.78 Å². The van der Waals surface area contributed by atoms with E-state index < -0.39 is 11.6 Å². The van der Waals surface area contributed by atoms with Crippen LogP contribution in [0.25, 0.3) is 16.9 Å². The SMILES string of the molecule is Cc1nc2c(-c3ccc(F)cc3F)nc(C3C=C(CCOPI)OCC3)cn2c(=O)c1C. The van der Waals surface area contributed by atoms with Gasteiger partial charge >= 0.3 is 0 Å². The second-order valence-electron chi connectivity index (χ2n) is 7.51. The lowest BCUT2D eigenvalue weighted by Gasteiger charge is -2.23. The number of aryl methyl sites for hydroxylation is 1. The second kappa shape index (κ2) is 9.89. The molecule has 2 unspecified atom stereocenters. The van der Waals surface area contributed by atoms with Gasteiger partial charge in [0.25, 0.3) is 5.56 Å². The molecule has 0 fully saturated rings. The Bertz CT molecular complexity index is 1270. The van der Waals surface area contributed by atoms with Gasteiger partial charge < -0.3 is 9.26 Å². The third-order valence-electron chi connectivity index (χ3n) is 5.47. The summed E-state index contributed by atoms with van der Waals surface area (Å²) < 4.78 is 40.8. The highest BCUT2D eigenvalue weighted by molar-refractivity contribution is 14.2. The number of allylic oxidation sites excluding steroid dienone is 1. The van der Waals surface area contributed by atoms with E-state index in [4.69, 9.17) is 14.2 Å². The molecule has 0 spiro atoms. The van der Waals surface area contributed by atoms with Crippen LogP contribution in [0, 0.1) is 25.5 Å². The van der Waals surface area contributed by atoms with Crippen molar-refractivity contribution in [2.45, 2.75) is 32.6 Å². The minimum atomic E-state index is -0.760. The summed E-state index contributed by atoms with van der Waals surface area (Å²) in [6.45, 7) is 4.86. The summed E-state index contributed by atoms with van der Waals surface area (Å²) in [4.78, 5) is 22.3. The number of fused-ring (bicyclic) bond motifs is 1. The quantitative estimate of drug-likeness (QED) is 0.226. The van der Waals surface area contributed by atoms with E-state index >= 15 is 0 Å². The van der Waals surface area contributed by atoms with Gasteiger partial charge in [-0.05, 0) is 60.5 Å². The Morgan fingerprint density at radius 2 is 2.12 bits per heavy atom. The lowest BCUT2D eigenvalue weighted by Crippen LogP contribution is -2.22. The monoisotopic (exact) mass is 571 g/mol. The van der Waals surface area contributed by atoms with E-state index in [0.29, 0.717) is 49.5 Å². The van der Waals surface area contributed by atoms with Crippen LogP contribution in [0.2, 0.25) is 0 Å². The molecule has 32 heavy (non-hydrogen) atoms. The molecule has 0 saturated heterocycles. The molecule has 1 aliphatic rings. The molecule has 0 radical (unpaired) electrons. The minimum Gasteiger partial charge on any atom is -0.498 e. The Morgan fingerprint density at radius 3 is 2.88 bits per heavy atom. The predicted molar refractivity (Wildman–Crippen MR) is 128 cm³/mol. The predicted octanol–water partition coefficient (Wildman–Crippen LogP) is 5.39. The van der Waals surface area contributed by atoms with Crippen molar-refractivity contribution >= 4 is 34.1 Å². The van der Waals surface area contributed by atoms with Crippen LogP contribution in [0.5, 0.6) is 0 Å². The van der Waals surface area contributed by atoms with Crippen LogP contribution in [0.15, 0.2) is 41.0 Å². The van der Waals surface area contributed by atoms with Gasteiger partial charge in [-0.2, -0.15) is 0 Å². The molecule has 4 rings (SSSR count). The molecular weight excluding hydrogens is 550 g/mol. The number of aromatic nitrogens is 3. The molecule has 2 atom stereocenters. The number of halogens is 3. The van der Waals surface area contributed by atoms with Crippen LogP contribution in [0.1, 0.15) is 35.7 Å². The maximum atomic E-state index is 14.7. The Kier molecular flexibility index (Phi) is 7.17. The molecule has 2 aromatic heterocycles. The first-order chi connectivity index (χ1) is 15.4. The molecule has 168 valence electrons. The van der Waals surface area contributed by atoms with E-state index in [1.165, 1.54) is 16.5 Å². The van der Waals surface area contributed by atoms with Gasteiger partial charge in [-0.3, -0.25) is 9.20 Å². The first-order valence-electron chi connectivity index (χ1n) is 10.1. The molecule has 0 bridgehead atoms. The lowest BCUT2D eigenvalue weighted by molar-refractivity contribution is 0.167. The van der Waals surface area contributed by atoms with Gasteiger partial charge in [0.2, 0.25) is 0 Å². The molecule has 3 aromatic rings. The van der Waals surface area contributed by atoms with Crippen molar-refractivity contribution in [3.05, 3.63) is 75.2 Å². The molecule has 1 aliphatic heterocycles. The van der Waals surface area contributed by atoms with E-state index in [0.717, 1.165) is 11.8 Å². The molecule has 1 aromatic carbocycles. The van der Waals surface area contributed by atoms with Gasteiger partial charge in [0.1, 0.15) is 17.3 Å². The summed E-state index contributed by atoms with van der Waals surface area (Å²) in [6.07, 6.45) is 4.94. The highest BCUT2D eigenvalue weighted by atomic mass is 127. The highest BCUT2D eigenvalue weighted by Crippen LogP contribution is 2.32. The fourth-order valence-electron chi connectivity index (χ4n) is 3.65. The van der Waals surface area contributed by atoms with Crippen molar-refractivity contribution in [1.29, 1.82) is 0 Å². The van der Waals surface area contributed by atoms with Gasteiger partial charge in [-0.15, -0.1) is 0 Å². The molecule has 0 aliphatic carbocycles. The van der Waals surface area contributed by atoms with E-state index in [9.17, 15) is 13.6 Å². The zero-order chi connectivity index (χ0) is 22.8. The standard InChI is InChI=1S/C22H21F2IN3O3P/c1-12-13(2)26-21-20(17-4-3-15(23)10-18(17)24)27-19(11-28(21)22(12)29)14-5-7-30-16(9-14)6-8-31-32-25/h3-4,9-11,14,32H,5-8H2,1-2H3. The van der Waals surface area contributed by atoms with Crippen molar-refractivity contribution in [2.24, 2.45) is 0 Å². The van der Waals surface area contributed by atoms with E-state index in [2.05, 4.69) is 27.0 Å². The van der Waals surface area contributed by atoms with Crippen molar-refractivity contribution in [2.75, 3.05) is 13.2 Å². The molecule has 0 saturated carbocycles. The summed E-state index contributed by atoms with van der Waals surface area (Å²) in [6, 6.07) is 3.30. The van der Waals surface area contributed by atoms with E-state index in [1.807, 2.05) is 6.08 Å². The van der Waals surface area contributed by atoms with Crippen LogP contribution in [-0.4, -0.2) is 27.6 Å². The van der Waals surface area contributed by atoms with Gasteiger partial charge in [-0.1, -0.05) is 0 Å². The number of benzene rings is 1. The first kappa shape index (κ1) is 23.2. The number of nitrogens with zero attached hydrogens (tertiary/aromatic N) is 3. The van der Waals surface area contributed by atoms with Gasteiger partial charge in [0.15, 0.2) is 5.65 Å². The zero-order valence-corrected chi connectivity index (χ0v) is 20.7. The Labute approximate surface area is 198 Å². The lowest BCUT2D eigenvalue weighted by atomic mass is 9.98. The molecule has 0 N–H and O–H groups in total. The topological polar surface area (TPSA) is 65.7 Å². The van der Waals surface area contributed by atoms with E-state index in [-0.39, 0.29) is 28.4 Å². The number of hydrogen-bond acceptors (Lipinski definition) is 5. The summed E-state index contributed by atoms with van der Waals surface area (Å²) >= 11 is 2.17. The second-order valence-corrected chi connectivity index (χ2v) is 9.28. The maximum absolute atomic E-state index is 14.7. The summed E-state index contributed by atoms with van der Waals surface area (Å²) in [5.74, 6) is -0.766. The molecular formula is C22H21F2IN3O3P. The highest BCUT2D eigenvalue weighted by Gasteiger charge is 2.23. The summed E-state index contributed by atoms with van der Waals surface area (Å²) in [5.41, 5.74) is 1.93. The van der Waals surface area contributed by atoms with Crippen molar-refractivity contribution < 1.29 is 18.0 Å². The van der Waals surface area contributed by atoms with Crippen molar-refractivity contribution in [1.82, 2.24) is 14.4 Å². The molecule has 0 amide bonds. The third kappa shape index (κ3) is 4.70. The van der Waals surface area contributed by atoms with Gasteiger partial charge in [-0.25, -0.2) is 18.7 Å². The smallest absolute Gasteiger partial charge is 0.261 e. The first-order valence-corrected chi connectivity index (χ1v) is 14.1. The average Bonchev–Trinajstić information content (AvgIpc) is 2.78. The zero-order valence-electron chi connectivity index (χ0n) is 17.5. The van der Waals surface area contributed by atoms with Crippen LogP contribution >= 0.6 is 28.5 Å². The largest absolute Gasteiger partial charge is 0.498 e. The fraction of sp³-hybridized carbons (Fsp3) is 0.318. The summed E-state index contributed by atoms with van der Waals surface area (Å²) in [5, 5.41) is 0. The van der Waals surface area contributed by atoms with Gasteiger partial charge in [0, 0.05) is 41.4 Å². The average molecular weight is 571 g/mol. The van der Waals surface area contributed by atoms with Crippen LogP contribution < -0.4 is 5.56 Å². The number of rotatable bonds is 6. The maximum Gasteiger partial charge on any atom is 0.261 e. The third-order valence-corrected chi connectivity index (χ3v) is 6.72. The fourth-order valence-corrected chi connectivity index (χ4v) is 4.49. The van der Waals surface area contributed by atoms with Crippen molar-refractivity contribution in [3.63, 3.8) is 0 Å². The normalized spacial score (nSPS) is 16.5.